The molecule has 0 unspecified atom stereocenters. The average Bonchev–Trinajstić information content (AvgIpc) is 2.88. The number of hydrogen-bond acceptors (Lipinski definition) is 5. The third-order valence-corrected chi connectivity index (χ3v) is 6.47. The molecule has 0 spiro atoms. The van der Waals surface area contributed by atoms with Gasteiger partial charge >= 0.3 is 0 Å². The van der Waals surface area contributed by atoms with E-state index in [1.807, 2.05) is 19.9 Å². The van der Waals surface area contributed by atoms with E-state index in [4.69, 9.17) is 6.57 Å². The molecule has 0 amide bonds. The maximum Gasteiger partial charge on any atom is 0.271 e. The normalized spacial score (nSPS) is 10.4. The summed E-state index contributed by atoms with van der Waals surface area (Å²) >= 11 is 0. The molecule has 0 atom stereocenters. The first kappa shape index (κ1) is 29.2. The first-order chi connectivity index (χ1) is 17.8. The van der Waals surface area contributed by atoms with Crippen molar-refractivity contribution in [3.05, 3.63) is 65.7 Å². The summed E-state index contributed by atoms with van der Waals surface area (Å²) in [5, 5.41) is 31.1. The molecule has 0 fully saturated rings. The first-order valence-electron chi connectivity index (χ1n) is 12.9. The van der Waals surface area contributed by atoms with Gasteiger partial charge in [-0.25, -0.2) is 4.85 Å². The summed E-state index contributed by atoms with van der Waals surface area (Å²) in [4.78, 5) is 29.6. The van der Waals surface area contributed by atoms with Crippen LogP contribution in [0.3, 0.4) is 0 Å². The molecule has 37 heavy (non-hydrogen) atoms. The Morgan fingerprint density at radius 1 is 0.892 bits per heavy atom. The average molecular weight is 505 g/mol. The van der Waals surface area contributed by atoms with Crippen LogP contribution in [0.25, 0.3) is 17.0 Å². The molecule has 8 nitrogen and oxygen atoms in total. The Bertz CT molecular complexity index is 1390. The standard InChI is InChI=1S/C29H36N4O4/c1-6-9-12-14-22-23(27(35)33(18-11-8-3)29(37)25(22)31-5)16-13-15-21-20(4)24(19-30)28(36)32(26(21)34)17-10-7-2/h15-16,34,37H,6-12,14,17-18H2,1-4H3. The van der Waals surface area contributed by atoms with Crippen molar-refractivity contribution in [3.8, 4) is 17.8 Å². The summed E-state index contributed by atoms with van der Waals surface area (Å²) in [5.74, 6) is -0.567. The quantitative estimate of drug-likeness (QED) is 0.215. The first-order valence-corrected chi connectivity index (χ1v) is 12.9. The Morgan fingerprint density at radius 3 is 2.00 bits per heavy atom. The molecule has 0 saturated heterocycles. The highest BCUT2D eigenvalue weighted by atomic mass is 16.3. The predicted molar refractivity (Wildman–Crippen MR) is 146 cm³/mol. The Kier molecular flexibility index (Phi) is 11.0. The number of aromatic nitrogens is 2. The Balaban J connectivity index is 2.78. The second-order valence-corrected chi connectivity index (χ2v) is 9.06. The van der Waals surface area contributed by atoms with Crippen molar-refractivity contribution < 1.29 is 10.2 Å². The smallest absolute Gasteiger partial charge is 0.271 e. The van der Waals surface area contributed by atoms with Crippen LogP contribution in [0.5, 0.6) is 11.8 Å². The minimum atomic E-state index is -0.538. The molecule has 0 aliphatic rings. The predicted octanol–water partition coefficient (Wildman–Crippen LogP) is 5.81. The van der Waals surface area contributed by atoms with Gasteiger partial charge in [0.25, 0.3) is 11.1 Å². The second-order valence-electron chi connectivity index (χ2n) is 9.06. The molecule has 2 aromatic heterocycles. The zero-order valence-electron chi connectivity index (χ0n) is 22.2. The van der Waals surface area contributed by atoms with Gasteiger partial charge in [-0.2, -0.15) is 5.26 Å². The fourth-order valence-corrected chi connectivity index (χ4v) is 4.23. The van der Waals surface area contributed by atoms with Gasteiger partial charge in [0.1, 0.15) is 11.6 Å². The molecular formula is C29H36N4O4. The van der Waals surface area contributed by atoms with Gasteiger partial charge in [-0.3, -0.25) is 18.7 Å². The topological polar surface area (TPSA) is 113 Å². The maximum atomic E-state index is 13.4. The van der Waals surface area contributed by atoms with Crippen molar-refractivity contribution >= 4 is 17.8 Å². The van der Waals surface area contributed by atoms with Crippen molar-refractivity contribution in [1.29, 1.82) is 5.26 Å². The lowest BCUT2D eigenvalue weighted by Gasteiger charge is -2.15. The SMILES string of the molecule is [C-]#[N+]c1c(CCCCC)c(C=C=Cc2c(C)c(C#N)c(=O)n(CCCC)c2O)c(=O)n(CCCC)c1O. The van der Waals surface area contributed by atoms with Crippen LogP contribution in [0.1, 0.15) is 93.5 Å². The summed E-state index contributed by atoms with van der Waals surface area (Å²) < 4.78 is 2.42. The Morgan fingerprint density at radius 2 is 1.46 bits per heavy atom. The lowest BCUT2D eigenvalue weighted by molar-refractivity contribution is 0.399. The van der Waals surface area contributed by atoms with E-state index in [0.29, 0.717) is 30.4 Å². The lowest BCUT2D eigenvalue weighted by Crippen LogP contribution is -2.25. The highest BCUT2D eigenvalue weighted by molar-refractivity contribution is 5.71. The van der Waals surface area contributed by atoms with Crippen LogP contribution in [0, 0.1) is 24.8 Å². The van der Waals surface area contributed by atoms with Gasteiger partial charge in [0.05, 0.1) is 6.57 Å². The molecule has 0 aromatic carbocycles. The molecule has 2 rings (SSSR count). The van der Waals surface area contributed by atoms with Crippen LogP contribution in [-0.4, -0.2) is 19.3 Å². The van der Waals surface area contributed by atoms with Gasteiger partial charge < -0.3 is 10.2 Å². The highest BCUT2D eigenvalue weighted by Gasteiger charge is 2.20. The third-order valence-electron chi connectivity index (χ3n) is 6.47. The monoisotopic (exact) mass is 504 g/mol. The molecule has 0 saturated carbocycles. The molecule has 8 heteroatoms. The van der Waals surface area contributed by atoms with Crippen LogP contribution in [0.2, 0.25) is 0 Å². The number of pyridine rings is 2. The summed E-state index contributed by atoms with van der Waals surface area (Å²) in [5.41, 5.74) is 3.36. The van der Waals surface area contributed by atoms with Gasteiger partial charge in [-0.15, -0.1) is 5.73 Å². The van der Waals surface area contributed by atoms with Crippen molar-refractivity contribution in [2.24, 2.45) is 0 Å². The van der Waals surface area contributed by atoms with E-state index < -0.39 is 11.1 Å². The van der Waals surface area contributed by atoms with E-state index in [1.165, 1.54) is 21.3 Å². The minimum Gasteiger partial charge on any atom is -0.503 e. The van der Waals surface area contributed by atoms with Gasteiger partial charge in [-0.1, -0.05) is 52.9 Å². The van der Waals surface area contributed by atoms with Crippen LogP contribution in [0.15, 0.2) is 15.3 Å². The minimum absolute atomic E-state index is 0.0518. The van der Waals surface area contributed by atoms with Crippen molar-refractivity contribution in [2.75, 3.05) is 0 Å². The third kappa shape index (κ3) is 6.42. The van der Waals surface area contributed by atoms with Crippen molar-refractivity contribution in [3.63, 3.8) is 0 Å². The summed E-state index contributed by atoms with van der Waals surface area (Å²) in [7, 11) is 0. The van der Waals surface area contributed by atoms with E-state index in [-0.39, 0.29) is 47.2 Å². The molecular weight excluding hydrogens is 468 g/mol. The Hall–Kier alpha value is -4.00. The summed E-state index contributed by atoms with van der Waals surface area (Å²) in [6, 6.07) is 1.93. The lowest BCUT2D eigenvalue weighted by atomic mass is 10.00. The van der Waals surface area contributed by atoms with E-state index in [2.05, 4.69) is 17.5 Å². The fraction of sp³-hybridized carbons (Fsp3) is 0.483. The van der Waals surface area contributed by atoms with Crippen LogP contribution in [0.4, 0.5) is 5.69 Å². The number of rotatable bonds is 12. The Labute approximate surface area is 218 Å². The second kappa shape index (κ2) is 13.9. The molecule has 2 N–H and O–H groups in total. The van der Waals surface area contributed by atoms with Gasteiger partial charge in [0.2, 0.25) is 11.6 Å². The molecule has 0 aliphatic heterocycles. The molecule has 0 bridgehead atoms. The number of nitrogens with zero attached hydrogens (tertiary/aromatic N) is 4. The largest absolute Gasteiger partial charge is 0.503 e. The van der Waals surface area contributed by atoms with E-state index in [1.54, 1.807) is 6.92 Å². The number of hydrogen-bond donors (Lipinski definition) is 2. The molecule has 196 valence electrons. The van der Waals surface area contributed by atoms with Crippen molar-refractivity contribution in [2.45, 2.75) is 92.2 Å². The fourth-order valence-electron chi connectivity index (χ4n) is 4.23. The molecule has 0 aliphatic carbocycles. The highest BCUT2D eigenvalue weighted by Crippen LogP contribution is 2.33. The molecule has 2 aromatic rings. The zero-order chi connectivity index (χ0) is 27.5. The van der Waals surface area contributed by atoms with Crippen LogP contribution in [-0.2, 0) is 19.5 Å². The van der Waals surface area contributed by atoms with E-state index in [0.717, 1.165) is 32.1 Å². The number of nitriles is 1. The van der Waals surface area contributed by atoms with Crippen LogP contribution >= 0.6 is 0 Å². The molecule has 0 radical (unpaired) electrons. The van der Waals surface area contributed by atoms with Gasteiger partial charge in [0, 0.05) is 24.2 Å². The summed E-state index contributed by atoms with van der Waals surface area (Å²) in [6.07, 6.45) is 8.96. The van der Waals surface area contributed by atoms with E-state index >= 15 is 0 Å². The van der Waals surface area contributed by atoms with Crippen LogP contribution < -0.4 is 11.1 Å². The molecule has 2 heterocycles. The van der Waals surface area contributed by atoms with E-state index in [9.17, 15) is 25.1 Å². The summed E-state index contributed by atoms with van der Waals surface area (Å²) in [6.45, 7) is 15.8. The maximum absolute atomic E-state index is 13.4. The zero-order valence-corrected chi connectivity index (χ0v) is 22.2. The van der Waals surface area contributed by atoms with Crippen molar-refractivity contribution in [1.82, 2.24) is 9.13 Å². The van der Waals surface area contributed by atoms with Gasteiger partial charge in [-0.05, 0) is 49.5 Å². The number of aromatic hydroxyl groups is 2. The van der Waals surface area contributed by atoms with Gasteiger partial charge in [0.15, 0.2) is 5.88 Å². The number of unbranched alkanes of at least 4 members (excludes halogenated alkanes) is 4.